The fourth-order valence-electron chi connectivity index (χ4n) is 7.64. The summed E-state index contributed by atoms with van der Waals surface area (Å²) >= 11 is 0. The molecule has 228 valence electrons. The minimum atomic E-state index is -0.901. The van der Waals surface area contributed by atoms with E-state index in [1.54, 1.807) is 11.0 Å². The molecule has 2 bridgehead atoms. The minimum Gasteiger partial charge on any atom is -0.465 e. The molecule has 5 saturated heterocycles. The van der Waals surface area contributed by atoms with Crippen LogP contribution in [0.4, 0.5) is 15.0 Å². The van der Waals surface area contributed by atoms with Gasteiger partial charge in [0.2, 0.25) is 0 Å². The van der Waals surface area contributed by atoms with Gasteiger partial charge < -0.3 is 24.1 Å². The Hall–Kier alpha value is -3.22. The number of carboxylic acid groups (broad SMARTS) is 1. The van der Waals surface area contributed by atoms with Crippen LogP contribution in [0.25, 0.3) is 10.9 Å². The maximum atomic E-state index is 16.5. The van der Waals surface area contributed by atoms with Crippen LogP contribution >= 0.6 is 0 Å². The second-order valence-electron chi connectivity index (χ2n) is 14.0. The molecule has 10 nitrogen and oxygen atoms in total. The van der Waals surface area contributed by atoms with Crippen molar-refractivity contribution in [2.24, 2.45) is 0 Å². The summed E-state index contributed by atoms with van der Waals surface area (Å²) in [5.41, 5.74) is 1.18. The van der Waals surface area contributed by atoms with Crippen molar-refractivity contribution < 1.29 is 28.3 Å². The van der Waals surface area contributed by atoms with Gasteiger partial charge in [-0.25, -0.2) is 9.18 Å². The van der Waals surface area contributed by atoms with Crippen molar-refractivity contribution in [3.63, 3.8) is 0 Å². The molecule has 0 radical (unpaired) electrons. The second-order valence-corrected chi connectivity index (χ2v) is 14.0. The first kappa shape index (κ1) is 28.5. The molecule has 1 aromatic carbocycles. The van der Waals surface area contributed by atoms with Gasteiger partial charge in [0.15, 0.2) is 0 Å². The number of piperazine rings is 1. The lowest BCUT2D eigenvalue weighted by atomic mass is 9.78. The highest BCUT2D eigenvalue weighted by atomic mass is 19.1. The Bertz CT molecular complexity index is 1500. The smallest absolute Gasteiger partial charge is 0.465 e. The van der Waals surface area contributed by atoms with Crippen molar-refractivity contribution in [2.75, 3.05) is 37.7 Å². The lowest BCUT2D eigenvalue weighted by Gasteiger charge is -2.40. The summed E-state index contributed by atoms with van der Waals surface area (Å²) in [7, 11) is -0.895. The van der Waals surface area contributed by atoms with Gasteiger partial charge in [-0.1, -0.05) is 30.4 Å². The number of amides is 1. The van der Waals surface area contributed by atoms with E-state index in [1.165, 1.54) is 0 Å². The van der Waals surface area contributed by atoms with Gasteiger partial charge >= 0.3 is 19.2 Å². The monoisotopic (exact) mass is 591 g/mol. The zero-order valence-electron chi connectivity index (χ0n) is 25.4. The number of aromatic nitrogens is 2. The van der Waals surface area contributed by atoms with Gasteiger partial charge in [-0.15, -0.1) is 0 Å². The Morgan fingerprint density at radius 3 is 2.26 bits per heavy atom. The first-order valence-electron chi connectivity index (χ1n) is 15.1. The highest BCUT2D eigenvalue weighted by molar-refractivity contribution is 6.62. The van der Waals surface area contributed by atoms with Gasteiger partial charge in [-0.05, 0) is 59.4 Å². The summed E-state index contributed by atoms with van der Waals surface area (Å²) in [6, 6.07) is 3.28. The molecule has 0 saturated carbocycles. The van der Waals surface area contributed by atoms with Crippen LogP contribution in [0.5, 0.6) is 6.01 Å². The number of fused-ring (bicyclic) bond motifs is 4. The number of benzene rings is 1. The highest BCUT2D eigenvalue weighted by Crippen LogP contribution is 2.43. The number of hydrogen-bond acceptors (Lipinski definition) is 8. The molecule has 1 N–H and O–H groups in total. The summed E-state index contributed by atoms with van der Waals surface area (Å²) in [6.45, 7) is 19.0. The zero-order chi connectivity index (χ0) is 30.5. The maximum Gasteiger partial charge on any atom is 0.497 e. The summed E-state index contributed by atoms with van der Waals surface area (Å²) in [4.78, 5) is 27.4. The van der Waals surface area contributed by atoms with Crippen molar-refractivity contribution in [2.45, 2.75) is 82.2 Å². The third-order valence-electron chi connectivity index (χ3n) is 10.4. The van der Waals surface area contributed by atoms with Crippen molar-refractivity contribution in [1.82, 2.24) is 19.8 Å². The Kier molecular flexibility index (Phi) is 6.40. The van der Waals surface area contributed by atoms with Gasteiger partial charge in [-0.2, -0.15) is 9.97 Å². The van der Waals surface area contributed by atoms with E-state index in [0.717, 1.165) is 49.9 Å². The Balaban J connectivity index is 1.27. The van der Waals surface area contributed by atoms with Crippen LogP contribution in [-0.4, -0.2) is 99.7 Å². The van der Waals surface area contributed by atoms with Gasteiger partial charge in [-0.3, -0.25) is 9.80 Å². The fraction of sp³-hybridized carbons (Fsp3) is 0.581. The van der Waals surface area contributed by atoms with Crippen LogP contribution in [0.15, 0.2) is 36.4 Å². The maximum absolute atomic E-state index is 16.5. The second kappa shape index (κ2) is 9.64. The molecule has 2 aromatic rings. The topological polar surface area (TPSA) is 100 Å². The number of carbonyl (C=O) groups is 1. The largest absolute Gasteiger partial charge is 0.497 e. The normalized spacial score (nSPS) is 27.4. The van der Waals surface area contributed by atoms with Gasteiger partial charge in [0.05, 0.1) is 28.8 Å². The standard InChI is InChI=1S/C31H39BFN5O5/c1-18-11-31(12-19(2)14-37(31)13-18)17-41-27-34-25-22(9-10-23(24(25)33)32-42-29(3,4)30(5,6)43-32)26(35-27)36-15-20-7-8-21(16-36)38(20)28(39)40/h9-10,20-21H,1-2,7-8,11-17H2,3-6H3,(H,39,40)/t20-,21+. The predicted octanol–water partition coefficient (Wildman–Crippen LogP) is 3.74. The summed E-state index contributed by atoms with van der Waals surface area (Å²) < 4.78 is 35.2. The molecule has 5 aliphatic heterocycles. The van der Waals surface area contributed by atoms with Crippen LogP contribution in [0.3, 0.4) is 0 Å². The van der Waals surface area contributed by atoms with Crippen molar-refractivity contribution in [3.8, 4) is 6.01 Å². The fourth-order valence-corrected chi connectivity index (χ4v) is 7.64. The Morgan fingerprint density at radius 2 is 1.67 bits per heavy atom. The van der Waals surface area contributed by atoms with Crippen LogP contribution in [0, 0.1) is 5.82 Å². The van der Waals surface area contributed by atoms with Crippen LogP contribution in [0.1, 0.15) is 53.4 Å². The average molecular weight is 591 g/mol. The molecule has 43 heavy (non-hydrogen) atoms. The Morgan fingerprint density at radius 1 is 1.07 bits per heavy atom. The minimum absolute atomic E-state index is 0.0878. The van der Waals surface area contributed by atoms with E-state index < -0.39 is 30.2 Å². The SMILES string of the molecule is C=C1CN2CC(=C)CC2(COc2nc(N3C[C@H]4CC[C@@H](C3)N4C(=O)O)c3ccc(B4OC(C)(C)C(C)(C)O4)c(F)c3n2)C1. The van der Waals surface area contributed by atoms with E-state index in [0.29, 0.717) is 30.9 Å². The molecule has 12 heteroatoms. The van der Waals surface area contributed by atoms with E-state index >= 15 is 4.39 Å². The summed E-state index contributed by atoms with van der Waals surface area (Å²) in [5, 5.41) is 10.3. The average Bonchev–Trinajstić information content (AvgIpc) is 3.55. The van der Waals surface area contributed by atoms with Gasteiger partial charge in [0.1, 0.15) is 23.8 Å². The van der Waals surface area contributed by atoms with Gasteiger partial charge in [0.25, 0.3) is 0 Å². The quantitative estimate of drug-likeness (QED) is 0.412. The highest BCUT2D eigenvalue weighted by Gasteiger charge is 2.53. The molecule has 1 amide bonds. The van der Waals surface area contributed by atoms with Gasteiger partial charge in [0, 0.05) is 37.0 Å². The number of anilines is 1. The summed E-state index contributed by atoms with van der Waals surface area (Å²) in [5.74, 6) is 0.00208. The molecule has 6 heterocycles. The lowest BCUT2D eigenvalue weighted by molar-refractivity contribution is 0.00578. The number of halogens is 1. The first-order valence-corrected chi connectivity index (χ1v) is 15.1. The molecular weight excluding hydrogens is 552 g/mol. The number of rotatable bonds is 5. The van der Waals surface area contributed by atoms with E-state index in [9.17, 15) is 9.90 Å². The molecule has 2 atom stereocenters. The van der Waals surface area contributed by atoms with Crippen molar-refractivity contribution >= 4 is 35.4 Å². The number of ether oxygens (including phenoxy) is 1. The van der Waals surface area contributed by atoms with Crippen molar-refractivity contribution in [1.29, 1.82) is 0 Å². The van der Waals surface area contributed by atoms with E-state index in [-0.39, 0.29) is 34.6 Å². The Labute approximate surface area is 251 Å². The zero-order valence-corrected chi connectivity index (χ0v) is 25.4. The van der Waals surface area contributed by atoms with E-state index in [2.05, 4.69) is 27.9 Å². The first-order chi connectivity index (χ1) is 20.3. The van der Waals surface area contributed by atoms with Crippen LogP contribution in [0.2, 0.25) is 0 Å². The third-order valence-corrected chi connectivity index (χ3v) is 10.4. The molecule has 0 spiro atoms. The molecule has 5 aliphatic rings. The number of hydrogen-bond donors (Lipinski definition) is 1. The van der Waals surface area contributed by atoms with Crippen LogP contribution in [-0.2, 0) is 9.31 Å². The third kappa shape index (κ3) is 4.52. The van der Waals surface area contributed by atoms with Crippen molar-refractivity contribution in [3.05, 3.63) is 42.3 Å². The van der Waals surface area contributed by atoms with Crippen LogP contribution < -0.4 is 15.1 Å². The molecular formula is C31H39BFN5O5. The van der Waals surface area contributed by atoms with E-state index in [4.69, 9.17) is 19.0 Å². The molecule has 1 aromatic heterocycles. The van der Waals surface area contributed by atoms with E-state index in [1.807, 2.05) is 33.8 Å². The molecule has 0 unspecified atom stereocenters. The number of nitrogens with zero attached hydrogens (tertiary/aromatic N) is 5. The molecule has 7 rings (SSSR count). The summed E-state index contributed by atoms with van der Waals surface area (Å²) in [6.07, 6.45) is 2.27. The predicted molar refractivity (Wildman–Crippen MR) is 161 cm³/mol. The molecule has 5 fully saturated rings. The lowest BCUT2D eigenvalue weighted by Crippen LogP contribution is -2.55. The molecule has 0 aliphatic carbocycles.